The molecule has 2 N–H and O–H groups in total. The normalized spacial score (nSPS) is 9.90. The molecule has 0 amide bonds. The van der Waals surface area contributed by atoms with E-state index in [4.69, 9.17) is 5.73 Å². The summed E-state index contributed by atoms with van der Waals surface area (Å²) in [6.07, 6.45) is 0. The Kier molecular flexibility index (Phi) is 1.97. The first-order valence-electron chi connectivity index (χ1n) is 3.24. The summed E-state index contributed by atoms with van der Waals surface area (Å²) in [7, 11) is 0. The molecule has 1 rings (SSSR count). The molecule has 0 aliphatic carbocycles. The lowest BCUT2D eigenvalue weighted by Gasteiger charge is -1.98. The van der Waals surface area contributed by atoms with Crippen molar-refractivity contribution >= 4 is 0 Å². The van der Waals surface area contributed by atoms with E-state index >= 15 is 0 Å². The van der Waals surface area contributed by atoms with Crippen molar-refractivity contribution in [2.45, 2.75) is 20.4 Å². The van der Waals surface area contributed by atoms with Crippen molar-refractivity contribution in [1.29, 1.82) is 0 Å². The van der Waals surface area contributed by atoms with Gasteiger partial charge in [0.2, 0.25) is 0 Å². The molecule has 0 atom stereocenters. The van der Waals surface area contributed by atoms with E-state index in [2.05, 4.69) is 10.2 Å². The smallest absolute Gasteiger partial charge is 0.0769 e. The Morgan fingerprint density at radius 3 is 2.60 bits per heavy atom. The third kappa shape index (κ3) is 1.30. The van der Waals surface area contributed by atoms with Crippen LogP contribution in [0, 0.1) is 13.8 Å². The molecule has 3 heteroatoms. The van der Waals surface area contributed by atoms with E-state index in [0.29, 0.717) is 6.54 Å². The lowest BCUT2D eigenvalue weighted by Crippen LogP contribution is -2.02. The van der Waals surface area contributed by atoms with Gasteiger partial charge < -0.3 is 5.73 Å². The first-order valence-corrected chi connectivity index (χ1v) is 3.24. The van der Waals surface area contributed by atoms with Gasteiger partial charge in [0.15, 0.2) is 0 Å². The fourth-order valence-electron chi connectivity index (χ4n) is 0.701. The van der Waals surface area contributed by atoms with E-state index in [1.165, 1.54) is 0 Å². The van der Waals surface area contributed by atoms with Crippen molar-refractivity contribution in [3.05, 3.63) is 23.0 Å². The summed E-state index contributed by atoms with van der Waals surface area (Å²) in [4.78, 5) is 0. The van der Waals surface area contributed by atoms with Gasteiger partial charge in [-0.1, -0.05) is 0 Å². The quantitative estimate of drug-likeness (QED) is 0.615. The van der Waals surface area contributed by atoms with Gasteiger partial charge >= 0.3 is 0 Å². The highest BCUT2D eigenvalue weighted by molar-refractivity contribution is 5.17. The Bertz CT molecular complexity index is 232. The van der Waals surface area contributed by atoms with Gasteiger partial charge in [0.25, 0.3) is 0 Å². The van der Waals surface area contributed by atoms with Gasteiger partial charge in [0, 0.05) is 6.54 Å². The third-order valence-electron chi connectivity index (χ3n) is 1.49. The molecule has 0 saturated heterocycles. The van der Waals surface area contributed by atoms with Crippen LogP contribution in [0.1, 0.15) is 17.0 Å². The van der Waals surface area contributed by atoms with Crippen LogP contribution < -0.4 is 5.73 Å². The maximum absolute atomic E-state index is 5.37. The van der Waals surface area contributed by atoms with Crippen molar-refractivity contribution in [2.75, 3.05) is 0 Å². The number of aryl methyl sites for hydroxylation is 2. The second-order valence-electron chi connectivity index (χ2n) is 2.31. The van der Waals surface area contributed by atoms with Crippen LogP contribution >= 0.6 is 0 Å². The molecule has 0 saturated carbocycles. The van der Waals surface area contributed by atoms with E-state index in [0.717, 1.165) is 17.0 Å². The van der Waals surface area contributed by atoms with Gasteiger partial charge in [0.05, 0.1) is 11.4 Å². The van der Waals surface area contributed by atoms with Crippen molar-refractivity contribution in [1.82, 2.24) is 10.2 Å². The Hall–Kier alpha value is -0.960. The van der Waals surface area contributed by atoms with Crippen LogP contribution in [0.5, 0.6) is 0 Å². The number of rotatable bonds is 1. The van der Waals surface area contributed by atoms with Crippen molar-refractivity contribution in [2.24, 2.45) is 5.73 Å². The SMILES string of the molecule is Cc1cc(CN)nnc1C. The molecule has 1 aromatic heterocycles. The summed E-state index contributed by atoms with van der Waals surface area (Å²) in [6.45, 7) is 4.40. The zero-order valence-electron chi connectivity index (χ0n) is 6.26. The Balaban J connectivity index is 3.04. The Morgan fingerprint density at radius 2 is 2.10 bits per heavy atom. The van der Waals surface area contributed by atoms with Crippen LogP contribution in [0.4, 0.5) is 0 Å². The zero-order chi connectivity index (χ0) is 7.56. The Morgan fingerprint density at radius 1 is 1.40 bits per heavy atom. The maximum atomic E-state index is 5.37. The van der Waals surface area contributed by atoms with Crippen LogP contribution in [0.15, 0.2) is 6.07 Å². The minimum atomic E-state index is 0.466. The van der Waals surface area contributed by atoms with Gasteiger partial charge in [-0.3, -0.25) is 0 Å². The van der Waals surface area contributed by atoms with Crippen LogP contribution in [0.2, 0.25) is 0 Å². The van der Waals surface area contributed by atoms with Gasteiger partial charge in [-0.2, -0.15) is 10.2 Å². The molecule has 3 nitrogen and oxygen atoms in total. The van der Waals surface area contributed by atoms with Crippen molar-refractivity contribution < 1.29 is 0 Å². The molecular weight excluding hydrogens is 126 g/mol. The summed E-state index contributed by atoms with van der Waals surface area (Å²) in [5.41, 5.74) is 8.33. The van der Waals surface area contributed by atoms with Crippen molar-refractivity contribution in [3.8, 4) is 0 Å². The number of nitrogens with zero attached hydrogens (tertiary/aromatic N) is 2. The predicted octanol–water partition coefficient (Wildman–Crippen LogP) is 0.552. The van der Waals surface area contributed by atoms with Crippen LogP contribution in [-0.4, -0.2) is 10.2 Å². The van der Waals surface area contributed by atoms with Gasteiger partial charge in [-0.15, -0.1) is 0 Å². The number of aromatic nitrogens is 2. The molecule has 0 unspecified atom stereocenters. The molecular formula is C7H11N3. The van der Waals surface area contributed by atoms with E-state index < -0.39 is 0 Å². The van der Waals surface area contributed by atoms with E-state index in [-0.39, 0.29) is 0 Å². The van der Waals surface area contributed by atoms with E-state index in [9.17, 15) is 0 Å². The third-order valence-corrected chi connectivity index (χ3v) is 1.49. The Labute approximate surface area is 60.3 Å². The highest BCUT2D eigenvalue weighted by Crippen LogP contribution is 2.01. The summed E-state index contributed by atoms with van der Waals surface area (Å²) in [6, 6.07) is 1.96. The van der Waals surface area contributed by atoms with E-state index in [1.807, 2.05) is 19.9 Å². The van der Waals surface area contributed by atoms with Crippen LogP contribution in [-0.2, 0) is 6.54 Å². The van der Waals surface area contributed by atoms with Crippen molar-refractivity contribution in [3.63, 3.8) is 0 Å². The second-order valence-corrected chi connectivity index (χ2v) is 2.31. The van der Waals surface area contributed by atoms with Gasteiger partial charge in [-0.25, -0.2) is 0 Å². The van der Waals surface area contributed by atoms with Crippen LogP contribution in [0.3, 0.4) is 0 Å². The monoisotopic (exact) mass is 137 g/mol. The zero-order valence-corrected chi connectivity index (χ0v) is 6.26. The molecule has 1 heterocycles. The average Bonchev–Trinajstić information content (AvgIpc) is 1.95. The molecule has 0 aromatic carbocycles. The average molecular weight is 137 g/mol. The second kappa shape index (κ2) is 2.75. The highest BCUT2D eigenvalue weighted by Gasteiger charge is 1.95. The topological polar surface area (TPSA) is 51.8 Å². The minimum absolute atomic E-state index is 0.466. The lowest BCUT2D eigenvalue weighted by atomic mass is 10.2. The molecule has 10 heavy (non-hydrogen) atoms. The predicted molar refractivity (Wildman–Crippen MR) is 39.4 cm³/mol. The fourth-order valence-corrected chi connectivity index (χ4v) is 0.701. The van der Waals surface area contributed by atoms with Gasteiger partial charge in [-0.05, 0) is 25.5 Å². The summed E-state index contributed by atoms with van der Waals surface area (Å²) >= 11 is 0. The largest absolute Gasteiger partial charge is 0.325 e. The summed E-state index contributed by atoms with van der Waals surface area (Å²) < 4.78 is 0. The minimum Gasteiger partial charge on any atom is -0.325 e. The van der Waals surface area contributed by atoms with Crippen LogP contribution in [0.25, 0.3) is 0 Å². The lowest BCUT2D eigenvalue weighted by molar-refractivity contribution is 0.865. The maximum Gasteiger partial charge on any atom is 0.0769 e. The molecule has 54 valence electrons. The molecule has 1 aromatic rings. The molecule has 0 fully saturated rings. The molecule has 0 bridgehead atoms. The molecule has 0 aliphatic rings. The standard InChI is InChI=1S/C7H11N3/c1-5-3-7(4-8)10-9-6(5)2/h3H,4,8H2,1-2H3. The van der Waals surface area contributed by atoms with E-state index in [1.54, 1.807) is 0 Å². The highest BCUT2D eigenvalue weighted by atomic mass is 15.1. The molecule has 0 radical (unpaired) electrons. The first kappa shape index (κ1) is 7.15. The summed E-state index contributed by atoms with van der Waals surface area (Å²) in [5, 5.41) is 7.80. The van der Waals surface area contributed by atoms with Gasteiger partial charge in [0.1, 0.15) is 0 Å². The molecule has 0 aliphatic heterocycles. The summed E-state index contributed by atoms with van der Waals surface area (Å²) in [5.74, 6) is 0. The first-order chi connectivity index (χ1) is 4.74. The number of hydrogen-bond donors (Lipinski definition) is 1. The number of hydrogen-bond acceptors (Lipinski definition) is 3. The number of nitrogens with two attached hydrogens (primary N) is 1. The fraction of sp³-hybridized carbons (Fsp3) is 0.429. The molecule has 0 spiro atoms.